The topological polar surface area (TPSA) is 12.0 Å². The van der Waals surface area contributed by atoms with Crippen LogP contribution in [0.4, 0.5) is 8.78 Å². The highest BCUT2D eigenvalue weighted by Gasteiger charge is 2.23. The predicted octanol–water partition coefficient (Wildman–Crippen LogP) is 4.81. The van der Waals surface area contributed by atoms with E-state index in [1.54, 1.807) is 0 Å². The third-order valence-corrected chi connectivity index (χ3v) is 3.74. The molecule has 0 aliphatic rings. The van der Waals surface area contributed by atoms with Crippen molar-refractivity contribution in [3.8, 4) is 0 Å². The molecule has 2 aromatic carbocycles. The summed E-state index contributed by atoms with van der Waals surface area (Å²) in [5.74, 6) is -0.943. The Kier molecular flexibility index (Phi) is 5.45. The van der Waals surface area contributed by atoms with Crippen LogP contribution in [0, 0.1) is 11.6 Å². The monoisotopic (exact) mass is 289 g/mol. The number of benzene rings is 2. The smallest absolute Gasteiger partial charge is 0.130 e. The van der Waals surface area contributed by atoms with E-state index in [1.807, 2.05) is 30.3 Å². The summed E-state index contributed by atoms with van der Waals surface area (Å²) in [7, 11) is 0. The molecule has 0 amide bonds. The Morgan fingerprint density at radius 2 is 1.76 bits per heavy atom. The minimum absolute atomic E-state index is 0.0951. The first-order valence-electron chi connectivity index (χ1n) is 7.36. The SMILES string of the molecule is CCCNC(c1ccc(F)cc1F)C(C)c1ccccc1. The van der Waals surface area contributed by atoms with Crippen molar-refractivity contribution in [2.75, 3.05) is 6.54 Å². The van der Waals surface area contributed by atoms with E-state index >= 15 is 0 Å². The van der Waals surface area contributed by atoms with Crippen LogP contribution in [0.3, 0.4) is 0 Å². The molecule has 1 N–H and O–H groups in total. The molecule has 0 aliphatic heterocycles. The summed E-state index contributed by atoms with van der Waals surface area (Å²) in [5, 5.41) is 3.38. The Morgan fingerprint density at radius 1 is 1.05 bits per heavy atom. The fraction of sp³-hybridized carbons (Fsp3) is 0.333. The molecular weight excluding hydrogens is 268 g/mol. The van der Waals surface area contributed by atoms with E-state index in [0.717, 1.165) is 24.6 Å². The van der Waals surface area contributed by atoms with Gasteiger partial charge in [0.05, 0.1) is 0 Å². The van der Waals surface area contributed by atoms with Crippen molar-refractivity contribution < 1.29 is 8.78 Å². The van der Waals surface area contributed by atoms with Crippen molar-refractivity contribution in [3.05, 3.63) is 71.3 Å². The Labute approximate surface area is 125 Å². The van der Waals surface area contributed by atoms with Gasteiger partial charge in [0.25, 0.3) is 0 Å². The first kappa shape index (κ1) is 15.6. The standard InChI is InChI=1S/C18H21F2N/c1-3-11-21-18(13(2)14-7-5-4-6-8-14)16-10-9-15(19)12-17(16)20/h4-10,12-13,18,21H,3,11H2,1-2H3. The average Bonchev–Trinajstić information content (AvgIpc) is 2.50. The van der Waals surface area contributed by atoms with Gasteiger partial charge in [-0.1, -0.05) is 50.2 Å². The van der Waals surface area contributed by atoms with E-state index in [0.29, 0.717) is 5.56 Å². The minimum atomic E-state index is -0.544. The summed E-state index contributed by atoms with van der Waals surface area (Å²) < 4.78 is 27.3. The van der Waals surface area contributed by atoms with Crippen LogP contribution in [0.15, 0.2) is 48.5 Å². The zero-order valence-corrected chi connectivity index (χ0v) is 12.4. The summed E-state index contributed by atoms with van der Waals surface area (Å²) >= 11 is 0. The fourth-order valence-electron chi connectivity index (χ4n) is 2.56. The van der Waals surface area contributed by atoms with Gasteiger partial charge in [0.1, 0.15) is 11.6 Å². The van der Waals surface area contributed by atoms with E-state index in [9.17, 15) is 8.78 Å². The molecule has 0 heterocycles. The summed E-state index contributed by atoms with van der Waals surface area (Å²) in [6.07, 6.45) is 0.959. The number of halogens is 2. The maximum absolute atomic E-state index is 14.1. The van der Waals surface area contributed by atoms with Crippen LogP contribution < -0.4 is 5.32 Å². The van der Waals surface area contributed by atoms with Crippen LogP contribution in [0.1, 0.15) is 43.4 Å². The first-order chi connectivity index (χ1) is 10.1. The number of nitrogens with one attached hydrogen (secondary N) is 1. The lowest BCUT2D eigenvalue weighted by Crippen LogP contribution is -2.27. The number of hydrogen-bond acceptors (Lipinski definition) is 1. The predicted molar refractivity (Wildman–Crippen MR) is 82.2 cm³/mol. The Morgan fingerprint density at radius 3 is 2.38 bits per heavy atom. The summed E-state index contributed by atoms with van der Waals surface area (Å²) in [5.41, 5.74) is 1.65. The van der Waals surface area contributed by atoms with E-state index < -0.39 is 11.6 Å². The van der Waals surface area contributed by atoms with E-state index in [4.69, 9.17) is 0 Å². The highest BCUT2D eigenvalue weighted by atomic mass is 19.1. The van der Waals surface area contributed by atoms with Crippen LogP contribution in [0.5, 0.6) is 0 Å². The van der Waals surface area contributed by atoms with Gasteiger partial charge < -0.3 is 5.32 Å². The van der Waals surface area contributed by atoms with Crippen molar-refractivity contribution in [1.82, 2.24) is 5.32 Å². The summed E-state index contributed by atoms with van der Waals surface area (Å²) in [6.45, 7) is 4.92. The zero-order valence-electron chi connectivity index (χ0n) is 12.4. The fourth-order valence-corrected chi connectivity index (χ4v) is 2.56. The van der Waals surface area contributed by atoms with Gasteiger partial charge in [0.15, 0.2) is 0 Å². The number of hydrogen-bond donors (Lipinski definition) is 1. The summed E-state index contributed by atoms with van der Waals surface area (Å²) in [4.78, 5) is 0. The molecule has 21 heavy (non-hydrogen) atoms. The van der Waals surface area contributed by atoms with Crippen LogP contribution in [-0.2, 0) is 0 Å². The lowest BCUT2D eigenvalue weighted by atomic mass is 9.88. The molecule has 0 spiro atoms. The maximum atomic E-state index is 14.1. The van der Waals surface area contributed by atoms with Crippen LogP contribution in [-0.4, -0.2) is 6.54 Å². The molecule has 0 aromatic heterocycles. The highest BCUT2D eigenvalue weighted by Crippen LogP contribution is 2.32. The molecule has 2 unspecified atom stereocenters. The molecule has 0 radical (unpaired) electrons. The van der Waals surface area contributed by atoms with Crippen molar-refractivity contribution in [1.29, 1.82) is 0 Å². The Bertz CT molecular complexity index is 569. The second-order valence-corrected chi connectivity index (χ2v) is 5.30. The lowest BCUT2D eigenvalue weighted by Gasteiger charge is -2.26. The van der Waals surface area contributed by atoms with Crippen molar-refractivity contribution in [2.45, 2.75) is 32.2 Å². The minimum Gasteiger partial charge on any atom is -0.309 e. The molecule has 0 bridgehead atoms. The zero-order chi connectivity index (χ0) is 15.2. The van der Waals surface area contributed by atoms with E-state index in [1.165, 1.54) is 12.1 Å². The normalized spacial score (nSPS) is 13.9. The first-order valence-corrected chi connectivity index (χ1v) is 7.36. The van der Waals surface area contributed by atoms with Gasteiger partial charge in [-0.3, -0.25) is 0 Å². The van der Waals surface area contributed by atoms with Crippen LogP contribution >= 0.6 is 0 Å². The molecule has 2 rings (SSSR count). The van der Waals surface area contributed by atoms with E-state index in [-0.39, 0.29) is 12.0 Å². The third-order valence-electron chi connectivity index (χ3n) is 3.74. The van der Waals surface area contributed by atoms with Crippen molar-refractivity contribution in [3.63, 3.8) is 0 Å². The molecule has 0 saturated carbocycles. The third kappa shape index (κ3) is 3.88. The van der Waals surface area contributed by atoms with Gasteiger partial charge in [-0.2, -0.15) is 0 Å². The van der Waals surface area contributed by atoms with Gasteiger partial charge in [0, 0.05) is 23.6 Å². The van der Waals surface area contributed by atoms with E-state index in [2.05, 4.69) is 19.2 Å². The molecule has 1 nitrogen and oxygen atoms in total. The van der Waals surface area contributed by atoms with Gasteiger partial charge in [-0.25, -0.2) is 8.78 Å². The second kappa shape index (κ2) is 7.32. The Hall–Kier alpha value is -1.74. The molecule has 0 saturated heterocycles. The second-order valence-electron chi connectivity index (χ2n) is 5.30. The molecule has 2 aromatic rings. The maximum Gasteiger partial charge on any atom is 0.130 e. The average molecular weight is 289 g/mol. The number of rotatable bonds is 6. The lowest BCUT2D eigenvalue weighted by molar-refractivity contribution is 0.443. The van der Waals surface area contributed by atoms with Gasteiger partial charge >= 0.3 is 0 Å². The summed E-state index contributed by atoms with van der Waals surface area (Å²) in [6, 6.07) is 13.6. The van der Waals surface area contributed by atoms with Crippen molar-refractivity contribution in [2.24, 2.45) is 0 Å². The molecular formula is C18H21F2N. The van der Waals surface area contributed by atoms with Crippen LogP contribution in [0.2, 0.25) is 0 Å². The van der Waals surface area contributed by atoms with Gasteiger partial charge in [-0.05, 0) is 24.6 Å². The molecule has 0 aliphatic carbocycles. The molecule has 112 valence electrons. The quantitative estimate of drug-likeness (QED) is 0.804. The van der Waals surface area contributed by atoms with Crippen LogP contribution in [0.25, 0.3) is 0 Å². The van der Waals surface area contributed by atoms with Gasteiger partial charge in [-0.15, -0.1) is 0 Å². The van der Waals surface area contributed by atoms with Gasteiger partial charge in [0.2, 0.25) is 0 Å². The van der Waals surface area contributed by atoms with Crippen molar-refractivity contribution >= 4 is 0 Å². The molecule has 2 atom stereocenters. The molecule has 3 heteroatoms. The largest absolute Gasteiger partial charge is 0.309 e. The molecule has 0 fully saturated rings. The Balaban J connectivity index is 2.33. The highest BCUT2D eigenvalue weighted by molar-refractivity contribution is 5.29.